The number of rotatable bonds is 6. The highest BCUT2D eigenvalue weighted by molar-refractivity contribution is 6.42. The second-order valence-electron chi connectivity index (χ2n) is 7.40. The van der Waals surface area contributed by atoms with Gasteiger partial charge in [0.2, 0.25) is 0 Å². The van der Waals surface area contributed by atoms with E-state index in [2.05, 4.69) is 12.1 Å². The molecule has 0 aliphatic heterocycles. The monoisotopic (exact) mass is 498 g/mol. The molecule has 3 unspecified atom stereocenters. The smallest absolute Gasteiger partial charge is 0.0994 e. The van der Waals surface area contributed by atoms with Crippen LogP contribution in [0.5, 0.6) is 0 Å². The van der Waals surface area contributed by atoms with Crippen LogP contribution in [0, 0.1) is 28.6 Å². The number of hydrogen-bond acceptors (Lipinski definition) is 2. The average molecular weight is 500 g/mol. The van der Waals surface area contributed by atoms with Crippen molar-refractivity contribution in [1.29, 1.82) is 10.5 Å². The van der Waals surface area contributed by atoms with Gasteiger partial charge in [0.05, 0.1) is 43.7 Å². The van der Waals surface area contributed by atoms with Gasteiger partial charge in [-0.15, -0.1) is 0 Å². The fourth-order valence-electron chi connectivity index (χ4n) is 3.77. The molecule has 0 spiro atoms. The van der Waals surface area contributed by atoms with Crippen molar-refractivity contribution in [1.82, 2.24) is 0 Å². The maximum absolute atomic E-state index is 10.1. The van der Waals surface area contributed by atoms with Crippen molar-refractivity contribution in [2.45, 2.75) is 18.8 Å². The highest BCUT2D eigenvalue weighted by Gasteiger charge is 2.30. The summed E-state index contributed by atoms with van der Waals surface area (Å²) in [5.41, 5.74) is 2.87. The summed E-state index contributed by atoms with van der Waals surface area (Å²) in [6.45, 7) is 1.98. The lowest BCUT2D eigenvalue weighted by molar-refractivity contribution is 0.508. The summed E-state index contributed by atoms with van der Waals surface area (Å²) < 4.78 is 0. The summed E-state index contributed by atoms with van der Waals surface area (Å²) >= 11 is 24.6. The third kappa shape index (κ3) is 5.47. The molecule has 2 nitrogen and oxygen atoms in total. The van der Waals surface area contributed by atoms with E-state index in [9.17, 15) is 10.5 Å². The molecule has 0 fully saturated rings. The summed E-state index contributed by atoms with van der Waals surface area (Å²) in [5.74, 6) is -0.932. The number of halogens is 4. The van der Waals surface area contributed by atoms with Crippen LogP contribution >= 0.6 is 46.4 Å². The first-order valence-electron chi connectivity index (χ1n) is 9.82. The number of hydrogen-bond donors (Lipinski definition) is 0. The van der Waals surface area contributed by atoms with E-state index in [-0.39, 0.29) is 11.8 Å². The van der Waals surface area contributed by atoms with Crippen LogP contribution in [0.15, 0.2) is 72.8 Å². The maximum Gasteiger partial charge on any atom is 0.0994 e. The van der Waals surface area contributed by atoms with Crippen LogP contribution in [0.3, 0.4) is 0 Å². The molecule has 160 valence electrons. The Morgan fingerprint density at radius 2 is 1.41 bits per heavy atom. The van der Waals surface area contributed by atoms with Crippen molar-refractivity contribution in [2.75, 3.05) is 0 Å². The first kappa shape index (κ1) is 24.2. The van der Waals surface area contributed by atoms with E-state index in [1.165, 1.54) is 0 Å². The number of allylic oxidation sites excluding steroid dienone is 2. The highest BCUT2D eigenvalue weighted by atomic mass is 35.5. The number of nitrogens with zero attached hydrogens (tertiary/aromatic N) is 2. The van der Waals surface area contributed by atoms with Crippen molar-refractivity contribution < 1.29 is 0 Å². The molecular weight excluding hydrogens is 482 g/mol. The average Bonchev–Trinajstić information content (AvgIpc) is 2.80. The Labute approximate surface area is 208 Å². The predicted molar refractivity (Wildman–Crippen MR) is 133 cm³/mol. The zero-order chi connectivity index (χ0) is 23.3. The zero-order valence-electron chi connectivity index (χ0n) is 17.1. The van der Waals surface area contributed by atoms with Crippen LogP contribution in [-0.2, 0) is 0 Å². The SMILES string of the molecule is CC(/C=C(\C#N)c1ccc(Cl)c(Cl)c1)C(c1ccc(Cl)c(Cl)c1)C(C#N)c1ccccc1. The van der Waals surface area contributed by atoms with E-state index in [4.69, 9.17) is 46.4 Å². The lowest BCUT2D eigenvalue weighted by atomic mass is 9.74. The molecule has 3 aromatic rings. The molecule has 0 aliphatic rings. The highest BCUT2D eigenvalue weighted by Crippen LogP contribution is 2.41. The fourth-order valence-corrected chi connectivity index (χ4v) is 4.37. The molecule has 3 aromatic carbocycles. The normalized spacial score (nSPS) is 14.2. The van der Waals surface area contributed by atoms with Crippen molar-refractivity contribution >= 4 is 52.0 Å². The van der Waals surface area contributed by atoms with Crippen LogP contribution in [0.2, 0.25) is 20.1 Å². The molecule has 0 aromatic heterocycles. The topological polar surface area (TPSA) is 47.6 Å². The Bertz CT molecular complexity index is 1220. The van der Waals surface area contributed by atoms with Gasteiger partial charge in [-0.1, -0.05) is 102 Å². The Balaban J connectivity index is 2.12. The third-order valence-electron chi connectivity index (χ3n) is 5.33. The Hall–Kier alpha value is -2.46. The Morgan fingerprint density at radius 3 is 1.97 bits per heavy atom. The van der Waals surface area contributed by atoms with Crippen molar-refractivity contribution in [3.05, 3.63) is 110 Å². The van der Waals surface area contributed by atoms with Gasteiger partial charge in [0, 0.05) is 5.92 Å². The molecule has 0 saturated carbocycles. The molecule has 6 heteroatoms. The quantitative estimate of drug-likeness (QED) is 0.317. The van der Waals surface area contributed by atoms with E-state index in [1.807, 2.05) is 49.4 Å². The van der Waals surface area contributed by atoms with E-state index in [1.54, 1.807) is 30.3 Å². The first-order valence-corrected chi connectivity index (χ1v) is 11.3. The van der Waals surface area contributed by atoms with Gasteiger partial charge in [0.1, 0.15) is 0 Å². The molecule has 0 saturated heterocycles. The standard InChI is InChI=1S/C26H18Cl4N2/c1-16(11-20(14-31)18-7-9-22(27)24(29)12-18)26(19-8-10-23(28)25(30)13-19)21(15-32)17-5-3-2-4-6-17/h2-13,16,21,26H,1H3/b20-11+. The minimum Gasteiger partial charge on any atom is -0.198 e. The summed E-state index contributed by atoms with van der Waals surface area (Å²) in [7, 11) is 0. The van der Waals surface area contributed by atoms with Crippen LogP contribution < -0.4 is 0 Å². The van der Waals surface area contributed by atoms with E-state index >= 15 is 0 Å². The molecule has 3 rings (SSSR count). The largest absolute Gasteiger partial charge is 0.198 e. The molecule has 0 aliphatic carbocycles. The minimum absolute atomic E-state index is 0.193. The second-order valence-corrected chi connectivity index (χ2v) is 9.03. The van der Waals surface area contributed by atoms with Gasteiger partial charge in [-0.3, -0.25) is 0 Å². The number of nitriles is 2. The lowest BCUT2D eigenvalue weighted by Crippen LogP contribution is -2.17. The maximum atomic E-state index is 10.1. The van der Waals surface area contributed by atoms with Gasteiger partial charge < -0.3 is 0 Å². The second kappa shape index (κ2) is 10.9. The van der Waals surface area contributed by atoms with Gasteiger partial charge in [-0.2, -0.15) is 10.5 Å². The van der Waals surface area contributed by atoms with Crippen LogP contribution in [0.4, 0.5) is 0 Å². The van der Waals surface area contributed by atoms with E-state index < -0.39 is 5.92 Å². The fraction of sp³-hybridized carbons (Fsp3) is 0.154. The van der Waals surface area contributed by atoms with Gasteiger partial charge in [-0.05, 0) is 46.9 Å². The summed E-state index contributed by atoms with van der Waals surface area (Å²) in [4.78, 5) is 0. The van der Waals surface area contributed by atoms with Gasteiger partial charge in [0.15, 0.2) is 0 Å². The lowest BCUT2D eigenvalue weighted by Gasteiger charge is -2.28. The third-order valence-corrected chi connectivity index (χ3v) is 6.81. The van der Waals surface area contributed by atoms with Gasteiger partial charge in [-0.25, -0.2) is 0 Å². The van der Waals surface area contributed by atoms with Crippen molar-refractivity contribution in [2.24, 2.45) is 5.92 Å². The predicted octanol–water partition coefficient (Wildman–Crippen LogP) is 8.93. The number of benzene rings is 3. The van der Waals surface area contributed by atoms with Crippen LogP contribution in [-0.4, -0.2) is 0 Å². The zero-order valence-corrected chi connectivity index (χ0v) is 20.1. The molecule has 32 heavy (non-hydrogen) atoms. The Kier molecular flexibility index (Phi) is 8.25. The molecule has 0 amide bonds. The summed E-state index contributed by atoms with van der Waals surface area (Å²) in [6, 6.07) is 24.8. The summed E-state index contributed by atoms with van der Waals surface area (Å²) in [5, 5.41) is 21.6. The van der Waals surface area contributed by atoms with Gasteiger partial charge >= 0.3 is 0 Å². The summed E-state index contributed by atoms with van der Waals surface area (Å²) in [6.07, 6.45) is 1.86. The Morgan fingerprint density at radius 1 is 0.781 bits per heavy atom. The van der Waals surface area contributed by atoms with Crippen LogP contribution in [0.25, 0.3) is 5.57 Å². The van der Waals surface area contributed by atoms with E-state index in [0.29, 0.717) is 31.2 Å². The minimum atomic E-state index is -0.464. The van der Waals surface area contributed by atoms with E-state index in [0.717, 1.165) is 11.1 Å². The molecule has 0 bridgehead atoms. The molecule has 0 heterocycles. The molecule has 3 atom stereocenters. The van der Waals surface area contributed by atoms with Gasteiger partial charge in [0.25, 0.3) is 0 Å². The molecule has 0 radical (unpaired) electrons. The molecular formula is C26H18Cl4N2. The van der Waals surface area contributed by atoms with Crippen LogP contribution in [0.1, 0.15) is 35.4 Å². The first-order chi connectivity index (χ1) is 15.3. The molecule has 0 N–H and O–H groups in total. The van der Waals surface area contributed by atoms with Crippen molar-refractivity contribution in [3.63, 3.8) is 0 Å². The van der Waals surface area contributed by atoms with Crippen molar-refractivity contribution in [3.8, 4) is 12.1 Å².